The van der Waals surface area contributed by atoms with E-state index in [1.807, 2.05) is 0 Å². The van der Waals surface area contributed by atoms with Gasteiger partial charge in [0, 0.05) is 16.7 Å². The van der Waals surface area contributed by atoms with Crippen molar-refractivity contribution in [2.24, 2.45) is 0 Å². The largest absolute Gasteiger partial charge is 0.478 e. The van der Waals surface area contributed by atoms with Crippen LogP contribution < -0.4 is 17.0 Å². The lowest BCUT2D eigenvalue weighted by molar-refractivity contribution is -0.0505. The van der Waals surface area contributed by atoms with Gasteiger partial charge in [-0.1, -0.05) is 0 Å². The number of aromatic carboxylic acids is 1. The lowest BCUT2D eigenvalue weighted by Crippen LogP contribution is -2.32. The molecule has 13 heteroatoms. The van der Waals surface area contributed by atoms with E-state index < -0.39 is 35.7 Å². The zero-order chi connectivity index (χ0) is 20.9. The van der Waals surface area contributed by atoms with Gasteiger partial charge < -0.3 is 25.8 Å². The number of fused-ring (bicyclic) bond motifs is 1. The van der Waals surface area contributed by atoms with Gasteiger partial charge in [-0.25, -0.2) is 14.2 Å². The SMILES string of the molecule is Nc1nc2c(c(=O)[nH]1)n(Cc1cc(C(=O)O)cs1)c(=O)n2[C@@H]1O[C@H](CO)C[C@H]1O. The number of nitrogen functional groups attached to an aromatic ring is 1. The molecule has 0 spiro atoms. The molecule has 1 fully saturated rings. The van der Waals surface area contributed by atoms with Crippen molar-refractivity contribution in [3.05, 3.63) is 42.7 Å². The number of aliphatic hydroxyl groups excluding tert-OH is 2. The summed E-state index contributed by atoms with van der Waals surface area (Å²) in [7, 11) is 0. The van der Waals surface area contributed by atoms with E-state index >= 15 is 0 Å². The van der Waals surface area contributed by atoms with Crippen molar-refractivity contribution in [3.8, 4) is 0 Å². The maximum absolute atomic E-state index is 13.2. The Labute approximate surface area is 165 Å². The van der Waals surface area contributed by atoms with Crippen LogP contribution in [0.15, 0.2) is 21.0 Å². The molecule has 12 nitrogen and oxygen atoms in total. The molecule has 29 heavy (non-hydrogen) atoms. The van der Waals surface area contributed by atoms with Crippen molar-refractivity contribution in [1.82, 2.24) is 19.1 Å². The third-order valence-electron chi connectivity index (χ3n) is 4.67. The van der Waals surface area contributed by atoms with Gasteiger partial charge in [-0.05, 0) is 6.07 Å². The first-order valence-electron chi connectivity index (χ1n) is 8.55. The fourth-order valence-electron chi connectivity index (χ4n) is 3.39. The fourth-order valence-corrected chi connectivity index (χ4v) is 4.23. The molecule has 4 heterocycles. The van der Waals surface area contributed by atoms with Crippen LogP contribution >= 0.6 is 11.3 Å². The number of aromatic nitrogens is 4. The first-order chi connectivity index (χ1) is 13.8. The zero-order valence-corrected chi connectivity index (χ0v) is 15.6. The van der Waals surface area contributed by atoms with Gasteiger partial charge >= 0.3 is 11.7 Å². The number of carbonyl (C=O) groups is 1. The van der Waals surface area contributed by atoms with Gasteiger partial charge in [0.1, 0.15) is 6.10 Å². The molecule has 3 aromatic rings. The Kier molecular flexibility index (Phi) is 4.74. The highest BCUT2D eigenvalue weighted by Gasteiger charge is 2.38. The van der Waals surface area contributed by atoms with Crippen LogP contribution in [0.25, 0.3) is 11.2 Å². The molecule has 0 unspecified atom stereocenters. The number of thiophene rings is 1. The highest BCUT2D eigenvalue weighted by atomic mass is 32.1. The fraction of sp³-hybridized carbons (Fsp3) is 0.375. The van der Waals surface area contributed by atoms with Crippen LogP contribution in [0.2, 0.25) is 0 Å². The molecular formula is C16H17N5O7S. The molecule has 0 radical (unpaired) electrons. The van der Waals surface area contributed by atoms with Crippen molar-refractivity contribution < 1.29 is 24.9 Å². The molecule has 4 rings (SSSR count). The summed E-state index contributed by atoms with van der Waals surface area (Å²) in [5.74, 6) is -1.32. The summed E-state index contributed by atoms with van der Waals surface area (Å²) in [5, 5.41) is 30.1. The Balaban J connectivity index is 1.89. The number of ether oxygens (including phenoxy) is 1. The molecule has 1 aliphatic heterocycles. The number of aromatic amines is 1. The number of nitrogens with zero attached hydrogens (tertiary/aromatic N) is 3. The molecule has 3 atom stereocenters. The van der Waals surface area contributed by atoms with E-state index in [-0.39, 0.29) is 42.2 Å². The van der Waals surface area contributed by atoms with Crippen LogP contribution in [-0.4, -0.2) is 59.2 Å². The Morgan fingerprint density at radius 2 is 2.21 bits per heavy atom. The standard InChI is InChI=1S/C16H17N5O7S/c17-15-18-11-10(12(24)19-15)20(3-8-1-6(5-29-8)14(25)26)16(27)21(11)13-9(23)2-7(4-22)28-13/h1,5,7,9,13,22-23H,2-4H2,(H,25,26)(H3,17,18,19,24)/t7-,9+,13+/m0/s1. The first-order valence-corrected chi connectivity index (χ1v) is 9.43. The minimum absolute atomic E-state index is 0.0680. The summed E-state index contributed by atoms with van der Waals surface area (Å²) in [4.78, 5) is 43.7. The summed E-state index contributed by atoms with van der Waals surface area (Å²) in [5.41, 5.74) is 4.19. The number of nitrogens with one attached hydrogen (secondary N) is 1. The molecule has 0 aromatic carbocycles. The Hall–Kier alpha value is -3.00. The summed E-state index contributed by atoms with van der Waals surface area (Å²) >= 11 is 1.12. The number of hydrogen-bond acceptors (Lipinski definition) is 9. The molecule has 6 N–H and O–H groups in total. The third-order valence-corrected chi connectivity index (χ3v) is 5.59. The van der Waals surface area contributed by atoms with Crippen LogP contribution in [0.1, 0.15) is 27.9 Å². The molecule has 0 amide bonds. The second-order valence-electron chi connectivity index (χ2n) is 6.60. The number of rotatable bonds is 5. The van der Waals surface area contributed by atoms with Gasteiger partial charge in [0.2, 0.25) is 5.95 Å². The van der Waals surface area contributed by atoms with Crippen molar-refractivity contribution >= 4 is 34.4 Å². The minimum Gasteiger partial charge on any atom is -0.478 e. The van der Waals surface area contributed by atoms with Gasteiger partial charge in [-0.2, -0.15) is 4.98 Å². The quantitative estimate of drug-likeness (QED) is 0.340. The molecule has 154 valence electrons. The van der Waals surface area contributed by atoms with Crippen LogP contribution in [0.4, 0.5) is 5.95 Å². The molecule has 0 saturated carbocycles. The normalized spacial score (nSPS) is 21.8. The molecule has 3 aromatic heterocycles. The number of anilines is 1. The molecule has 0 bridgehead atoms. The predicted molar refractivity (Wildman–Crippen MR) is 101 cm³/mol. The molecule has 1 saturated heterocycles. The van der Waals surface area contributed by atoms with E-state index in [1.165, 1.54) is 11.4 Å². The van der Waals surface area contributed by atoms with Gasteiger partial charge in [0.25, 0.3) is 5.56 Å². The average molecular weight is 423 g/mol. The topological polar surface area (TPSA) is 186 Å². The number of carboxylic acids is 1. The lowest BCUT2D eigenvalue weighted by Gasteiger charge is -2.15. The van der Waals surface area contributed by atoms with Crippen molar-refractivity contribution in [2.75, 3.05) is 12.3 Å². The maximum Gasteiger partial charge on any atom is 0.336 e. The highest BCUT2D eigenvalue weighted by Crippen LogP contribution is 2.30. The van der Waals surface area contributed by atoms with Crippen LogP contribution in [0.5, 0.6) is 0 Å². The second kappa shape index (κ2) is 7.11. The number of H-pyrrole nitrogens is 1. The number of carboxylic acid groups (broad SMARTS) is 1. The van der Waals surface area contributed by atoms with Crippen molar-refractivity contribution in [2.45, 2.75) is 31.4 Å². The zero-order valence-electron chi connectivity index (χ0n) is 14.8. The van der Waals surface area contributed by atoms with Gasteiger partial charge in [-0.3, -0.25) is 14.3 Å². The smallest absolute Gasteiger partial charge is 0.336 e. The van der Waals surface area contributed by atoms with E-state index in [0.29, 0.717) is 4.88 Å². The van der Waals surface area contributed by atoms with E-state index in [1.54, 1.807) is 0 Å². The Morgan fingerprint density at radius 3 is 2.83 bits per heavy atom. The van der Waals surface area contributed by atoms with Crippen LogP contribution in [-0.2, 0) is 11.3 Å². The average Bonchev–Trinajstić information content (AvgIpc) is 3.33. The number of hydrogen-bond donors (Lipinski definition) is 5. The number of aliphatic hydroxyl groups is 2. The highest BCUT2D eigenvalue weighted by molar-refractivity contribution is 7.10. The molecule has 0 aliphatic carbocycles. The van der Waals surface area contributed by atoms with Crippen molar-refractivity contribution in [3.63, 3.8) is 0 Å². The van der Waals surface area contributed by atoms with Gasteiger partial charge in [0.15, 0.2) is 17.4 Å². The van der Waals surface area contributed by atoms with E-state index in [9.17, 15) is 24.6 Å². The first kappa shape index (κ1) is 19.3. The minimum atomic E-state index is -1.16. The summed E-state index contributed by atoms with van der Waals surface area (Å²) in [6, 6.07) is 1.41. The second-order valence-corrected chi connectivity index (χ2v) is 7.60. The summed E-state index contributed by atoms with van der Waals surface area (Å²) in [6.45, 7) is -0.425. The van der Waals surface area contributed by atoms with Crippen LogP contribution in [0.3, 0.4) is 0 Å². The predicted octanol–water partition coefficient (Wildman–Crippen LogP) is -1.08. The molecule has 1 aliphatic rings. The monoisotopic (exact) mass is 423 g/mol. The number of nitrogens with two attached hydrogens (primary N) is 1. The van der Waals surface area contributed by atoms with E-state index in [4.69, 9.17) is 15.6 Å². The lowest BCUT2D eigenvalue weighted by atomic mass is 10.2. The summed E-state index contributed by atoms with van der Waals surface area (Å²) in [6.07, 6.45) is -2.83. The van der Waals surface area contributed by atoms with Gasteiger partial charge in [0.05, 0.1) is 24.8 Å². The Morgan fingerprint density at radius 1 is 1.45 bits per heavy atom. The summed E-state index contributed by atoms with van der Waals surface area (Å²) < 4.78 is 7.72. The number of imidazole rings is 1. The van der Waals surface area contributed by atoms with Crippen LogP contribution in [0, 0.1) is 0 Å². The third kappa shape index (κ3) is 3.23. The van der Waals surface area contributed by atoms with E-state index in [0.717, 1.165) is 20.5 Å². The Bertz CT molecular complexity index is 1210. The maximum atomic E-state index is 13.2. The van der Waals surface area contributed by atoms with Crippen molar-refractivity contribution in [1.29, 1.82) is 0 Å². The van der Waals surface area contributed by atoms with E-state index in [2.05, 4.69) is 9.97 Å². The molecular weight excluding hydrogens is 406 g/mol. The van der Waals surface area contributed by atoms with Gasteiger partial charge in [-0.15, -0.1) is 11.3 Å².